The van der Waals surface area contributed by atoms with E-state index >= 15 is 0 Å². The van der Waals surface area contributed by atoms with Crippen molar-refractivity contribution in [2.75, 3.05) is 32.7 Å². The molecule has 0 spiro atoms. The number of halogens is 1. The highest BCUT2D eigenvalue weighted by atomic mass is 19.1. The third kappa shape index (κ3) is 6.27. The first kappa shape index (κ1) is 20.7. The van der Waals surface area contributed by atoms with Crippen molar-refractivity contribution in [2.45, 2.75) is 0 Å². The van der Waals surface area contributed by atoms with Gasteiger partial charge in [0.2, 0.25) is 0 Å². The SMILES string of the molecule is COc1cc(OC)cc(C(=O)NCC(=O)OCC(=O)Nc2ccc(F)cc2)c1. The number of amides is 2. The van der Waals surface area contributed by atoms with Crippen LogP contribution in [0, 0.1) is 5.82 Å². The fourth-order valence-corrected chi connectivity index (χ4v) is 2.12. The van der Waals surface area contributed by atoms with Gasteiger partial charge < -0.3 is 24.8 Å². The van der Waals surface area contributed by atoms with Gasteiger partial charge in [-0.25, -0.2) is 4.39 Å². The second kappa shape index (κ2) is 9.91. The van der Waals surface area contributed by atoms with Crippen LogP contribution in [-0.4, -0.2) is 45.2 Å². The quantitative estimate of drug-likeness (QED) is 0.666. The molecule has 9 heteroatoms. The summed E-state index contributed by atoms with van der Waals surface area (Å²) >= 11 is 0. The van der Waals surface area contributed by atoms with Gasteiger partial charge in [0.15, 0.2) is 6.61 Å². The molecule has 0 unspecified atom stereocenters. The van der Waals surface area contributed by atoms with Crippen molar-refractivity contribution < 1.29 is 33.0 Å². The van der Waals surface area contributed by atoms with Crippen molar-refractivity contribution in [1.29, 1.82) is 0 Å². The third-order valence-corrected chi connectivity index (χ3v) is 3.50. The number of carbonyl (C=O) groups excluding carboxylic acids is 3. The van der Waals surface area contributed by atoms with Gasteiger partial charge in [0.1, 0.15) is 23.9 Å². The molecule has 8 nitrogen and oxygen atoms in total. The number of ether oxygens (including phenoxy) is 3. The summed E-state index contributed by atoms with van der Waals surface area (Å²) in [6.45, 7) is -0.971. The summed E-state index contributed by atoms with van der Waals surface area (Å²) < 4.78 is 27.7. The normalized spacial score (nSPS) is 9.96. The molecule has 2 rings (SSSR count). The van der Waals surface area contributed by atoms with Gasteiger partial charge in [-0.15, -0.1) is 0 Å². The first-order chi connectivity index (χ1) is 13.4. The van der Waals surface area contributed by atoms with E-state index in [-0.39, 0.29) is 5.56 Å². The van der Waals surface area contributed by atoms with Gasteiger partial charge in [0.05, 0.1) is 14.2 Å². The van der Waals surface area contributed by atoms with Crippen molar-refractivity contribution in [3.63, 3.8) is 0 Å². The van der Waals surface area contributed by atoms with E-state index in [1.165, 1.54) is 50.6 Å². The minimum atomic E-state index is -0.794. The second-order valence-electron chi connectivity index (χ2n) is 5.50. The Balaban J connectivity index is 1.79. The summed E-state index contributed by atoms with van der Waals surface area (Å²) in [6, 6.07) is 9.69. The minimum absolute atomic E-state index is 0.234. The maximum atomic E-state index is 12.8. The molecule has 0 saturated heterocycles. The summed E-state index contributed by atoms with van der Waals surface area (Å²) in [6.07, 6.45) is 0. The van der Waals surface area contributed by atoms with Crippen molar-refractivity contribution in [1.82, 2.24) is 5.32 Å². The molecular formula is C19H19FN2O6. The van der Waals surface area contributed by atoms with Gasteiger partial charge in [-0.05, 0) is 36.4 Å². The molecule has 0 fully saturated rings. The summed E-state index contributed by atoms with van der Waals surface area (Å²) in [5, 5.41) is 4.83. The molecule has 0 bridgehead atoms. The van der Waals surface area contributed by atoms with Crippen LogP contribution in [0.2, 0.25) is 0 Å². The van der Waals surface area contributed by atoms with Crippen molar-refractivity contribution in [3.05, 3.63) is 53.8 Å². The standard InChI is InChI=1S/C19H19FN2O6/c1-26-15-7-12(8-16(9-15)27-2)19(25)21-10-18(24)28-11-17(23)22-14-5-3-13(20)4-6-14/h3-9H,10-11H2,1-2H3,(H,21,25)(H,22,23). The minimum Gasteiger partial charge on any atom is -0.497 e. The highest BCUT2D eigenvalue weighted by Crippen LogP contribution is 2.22. The molecule has 0 heterocycles. The number of benzene rings is 2. The van der Waals surface area contributed by atoms with E-state index in [0.29, 0.717) is 17.2 Å². The van der Waals surface area contributed by atoms with Crippen LogP contribution >= 0.6 is 0 Å². The lowest BCUT2D eigenvalue weighted by molar-refractivity contribution is -0.146. The van der Waals surface area contributed by atoms with Crippen molar-refractivity contribution in [3.8, 4) is 11.5 Å². The molecule has 28 heavy (non-hydrogen) atoms. The predicted molar refractivity (Wildman–Crippen MR) is 97.9 cm³/mol. The zero-order valence-corrected chi connectivity index (χ0v) is 15.3. The van der Waals surface area contributed by atoms with Gasteiger partial charge in [0, 0.05) is 17.3 Å². The van der Waals surface area contributed by atoms with Crippen LogP contribution in [0.15, 0.2) is 42.5 Å². The molecule has 148 valence electrons. The Morgan fingerprint density at radius 3 is 2.14 bits per heavy atom. The van der Waals surface area contributed by atoms with E-state index in [1.807, 2.05) is 0 Å². The van der Waals surface area contributed by atoms with Gasteiger partial charge >= 0.3 is 5.97 Å². The van der Waals surface area contributed by atoms with Gasteiger partial charge in [-0.2, -0.15) is 0 Å². The van der Waals surface area contributed by atoms with E-state index in [9.17, 15) is 18.8 Å². The number of carbonyl (C=O) groups is 3. The average molecular weight is 390 g/mol. The largest absolute Gasteiger partial charge is 0.497 e. The highest BCUT2D eigenvalue weighted by molar-refractivity contribution is 5.97. The number of hydrogen-bond donors (Lipinski definition) is 2. The summed E-state index contributed by atoms with van der Waals surface area (Å²) in [5.41, 5.74) is 0.598. The van der Waals surface area contributed by atoms with Crippen LogP contribution in [0.4, 0.5) is 10.1 Å². The zero-order chi connectivity index (χ0) is 20.5. The van der Waals surface area contributed by atoms with Crippen LogP contribution < -0.4 is 20.1 Å². The van der Waals surface area contributed by atoms with Crippen molar-refractivity contribution >= 4 is 23.5 Å². The first-order valence-electron chi connectivity index (χ1n) is 8.13. The fourth-order valence-electron chi connectivity index (χ4n) is 2.12. The Bertz CT molecular complexity index is 832. The molecule has 2 aromatic rings. The Labute approximate surface area is 160 Å². The second-order valence-corrected chi connectivity index (χ2v) is 5.50. The summed E-state index contributed by atoms with van der Waals surface area (Å²) in [4.78, 5) is 35.6. The molecule has 0 aliphatic carbocycles. The average Bonchev–Trinajstić information content (AvgIpc) is 2.71. The van der Waals surface area contributed by atoms with Crippen molar-refractivity contribution in [2.24, 2.45) is 0 Å². The topological polar surface area (TPSA) is 103 Å². The van der Waals surface area contributed by atoms with Gasteiger partial charge in [-0.1, -0.05) is 0 Å². The third-order valence-electron chi connectivity index (χ3n) is 3.50. The van der Waals surface area contributed by atoms with Crippen LogP contribution in [-0.2, 0) is 14.3 Å². The maximum absolute atomic E-state index is 12.8. The number of hydrogen-bond acceptors (Lipinski definition) is 6. The van der Waals surface area contributed by atoms with Crippen LogP contribution in [0.25, 0.3) is 0 Å². The molecule has 0 aromatic heterocycles. The zero-order valence-electron chi connectivity index (χ0n) is 15.3. The number of anilines is 1. The molecule has 0 atom stereocenters. The lowest BCUT2D eigenvalue weighted by Gasteiger charge is -2.09. The van der Waals surface area contributed by atoms with Gasteiger partial charge in [0.25, 0.3) is 11.8 Å². The van der Waals surface area contributed by atoms with Gasteiger partial charge in [-0.3, -0.25) is 14.4 Å². The lowest BCUT2D eigenvalue weighted by Crippen LogP contribution is -2.32. The van der Waals surface area contributed by atoms with Crippen LogP contribution in [0.5, 0.6) is 11.5 Å². The first-order valence-corrected chi connectivity index (χ1v) is 8.13. The van der Waals surface area contributed by atoms with E-state index in [4.69, 9.17) is 14.2 Å². The predicted octanol–water partition coefficient (Wildman–Crippen LogP) is 1.75. The Kier molecular flexibility index (Phi) is 7.32. The summed E-state index contributed by atoms with van der Waals surface area (Å²) in [5.74, 6) is -1.52. The van der Waals surface area contributed by atoms with Crippen LogP contribution in [0.1, 0.15) is 10.4 Å². The lowest BCUT2D eigenvalue weighted by atomic mass is 10.2. The van der Waals surface area contributed by atoms with E-state index in [1.54, 1.807) is 6.07 Å². The van der Waals surface area contributed by atoms with E-state index < -0.39 is 36.8 Å². The molecule has 0 saturated carbocycles. The summed E-state index contributed by atoms with van der Waals surface area (Å²) in [7, 11) is 2.90. The Hall–Kier alpha value is -3.62. The number of methoxy groups -OCH3 is 2. The molecule has 2 amide bonds. The fraction of sp³-hybridized carbons (Fsp3) is 0.211. The molecule has 2 N–H and O–H groups in total. The number of esters is 1. The van der Waals surface area contributed by atoms with Crippen LogP contribution in [0.3, 0.4) is 0 Å². The van der Waals surface area contributed by atoms with E-state index in [2.05, 4.69) is 10.6 Å². The monoisotopic (exact) mass is 390 g/mol. The number of nitrogens with one attached hydrogen (secondary N) is 2. The highest BCUT2D eigenvalue weighted by Gasteiger charge is 2.13. The van der Waals surface area contributed by atoms with E-state index in [0.717, 1.165) is 0 Å². The Morgan fingerprint density at radius 2 is 1.57 bits per heavy atom. The molecule has 0 radical (unpaired) electrons. The molecule has 0 aliphatic heterocycles. The smallest absolute Gasteiger partial charge is 0.325 e. The molecule has 2 aromatic carbocycles. The maximum Gasteiger partial charge on any atom is 0.325 e. The Morgan fingerprint density at radius 1 is 0.964 bits per heavy atom. The molecular weight excluding hydrogens is 371 g/mol. The number of rotatable bonds is 8. The molecule has 0 aliphatic rings.